The summed E-state index contributed by atoms with van der Waals surface area (Å²) >= 11 is 0. The summed E-state index contributed by atoms with van der Waals surface area (Å²) in [6, 6.07) is 0. The van der Waals surface area contributed by atoms with Crippen molar-refractivity contribution >= 4 is 41.8 Å². The first-order chi connectivity index (χ1) is 7.99. The maximum atomic E-state index is 10.3. The Balaban J connectivity index is -0.00000144. The first-order valence-corrected chi connectivity index (χ1v) is 9.98. The third-order valence-corrected chi connectivity index (χ3v) is 5.67. The average molecular weight is 386 g/mol. The second-order valence-corrected chi connectivity index (χ2v) is 8.88. The molecule has 20 heavy (non-hydrogen) atoms. The van der Waals surface area contributed by atoms with Crippen molar-refractivity contribution in [1.29, 1.82) is 0 Å². The predicted octanol–water partition coefficient (Wildman–Crippen LogP) is -7.12. The van der Waals surface area contributed by atoms with Crippen LogP contribution in [0, 0.1) is 0 Å². The normalized spacial score (nSPS) is 14.8. The Morgan fingerprint density at radius 2 is 1.05 bits per heavy atom. The molecule has 0 heterocycles. The van der Waals surface area contributed by atoms with Gasteiger partial charge in [0.25, 0.3) is 0 Å². The van der Waals surface area contributed by atoms with E-state index in [-0.39, 0.29) is 72.0 Å². The van der Waals surface area contributed by atoms with Gasteiger partial charge >= 0.3 is 59.1 Å². The molecule has 14 heteroatoms. The van der Waals surface area contributed by atoms with Crippen molar-refractivity contribution in [3.8, 4) is 0 Å². The molecule has 0 saturated carbocycles. The summed E-state index contributed by atoms with van der Waals surface area (Å²) in [4.78, 5) is 0. The van der Waals surface area contributed by atoms with Gasteiger partial charge in [0.2, 0.25) is 0 Å². The molecular weight excluding hydrogens is 374 g/mol. The molecule has 2 atom stereocenters. The summed E-state index contributed by atoms with van der Waals surface area (Å²) in [5.74, 6) is -1.46. The van der Waals surface area contributed by atoms with E-state index in [2.05, 4.69) is 0 Å². The largest absolute Gasteiger partial charge is 1.00 e. The van der Waals surface area contributed by atoms with Crippen molar-refractivity contribution < 1.29 is 95.3 Å². The van der Waals surface area contributed by atoms with Crippen molar-refractivity contribution in [1.82, 2.24) is 0 Å². The van der Waals surface area contributed by atoms with Crippen molar-refractivity contribution in [3.05, 3.63) is 0 Å². The molecule has 0 bridgehead atoms. The second kappa shape index (κ2) is 12.8. The van der Waals surface area contributed by atoms with Crippen molar-refractivity contribution in [2.45, 2.75) is 23.7 Å². The van der Waals surface area contributed by atoms with Gasteiger partial charge in [0.1, 0.15) is 10.9 Å². The van der Waals surface area contributed by atoms with Crippen LogP contribution < -0.4 is 59.1 Å². The summed E-state index contributed by atoms with van der Waals surface area (Å²) in [7, 11) is -7.41. The monoisotopic (exact) mass is 386 g/mol. The van der Waals surface area contributed by atoms with Crippen LogP contribution in [0.25, 0.3) is 0 Å². The summed E-state index contributed by atoms with van der Waals surface area (Å²) in [5, 5.41) is 18.5. The number of aliphatic hydroxyl groups is 2. The summed E-state index contributed by atoms with van der Waals surface area (Å²) < 4.78 is 61.5. The molecular formula is C6H12Na2O8S4. The number of aliphatic hydroxyl groups excluding tert-OH is 2. The SMILES string of the molecule is O=S(=O)([O-])CCC(O)SSC(O)CCS(=O)(=O)[O-].[Na+].[Na+]. The van der Waals surface area contributed by atoms with E-state index in [0.29, 0.717) is 21.6 Å². The second-order valence-electron chi connectivity index (χ2n) is 3.20. The van der Waals surface area contributed by atoms with E-state index in [1.54, 1.807) is 0 Å². The van der Waals surface area contributed by atoms with Crippen molar-refractivity contribution in [2.24, 2.45) is 0 Å². The molecule has 0 aromatic rings. The van der Waals surface area contributed by atoms with Gasteiger partial charge in [-0.1, -0.05) is 21.6 Å². The van der Waals surface area contributed by atoms with Crippen LogP contribution in [0.15, 0.2) is 0 Å². The van der Waals surface area contributed by atoms with E-state index in [9.17, 15) is 36.2 Å². The van der Waals surface area contributed by atoms with Crippen LogP contribution in [0.2, 0.25) is 0 Å². The molecule has 2 unspecified atom stereocenters. The van der Waals surface area contributed by atoms with Gasteiger partial charge < -0.3 is 19.3 Å². The van der Waals surface area contributed by atoms with Crippen LogP contribution in [0.5, 0.6) is 0 Å². The standard InChI is InChI=1S/C6H14O8S4.2Na/c7-5(1-3-17(9,10)11)15-16-6(8)2-4-18(12,13)14;;/h5-8H,1-4H2,(H,9,10,11)(H,12,13,14);;/q;2*+1/p-2. The predicted molar refractivity (Wildman–Crippen MR) is 65.6 cm³/mol. The fourth-order valence-electron chi connectivity index (χ4n) is 0.715. The summed E-state index contributed by atoms with van der Waals surface area (Å²) in [6.07, 6.45) is -0.591. The van der Waals surface area contributed by atoms with Crippen molar-refractivity contribution in [3.63, 3.8) is 0 Å². The minimum Gasteiger partial charge on any atom is -0.748 e. The van der Waals surface area contributed by atoms with Crippen molar-refractivity contribution in [2.75, 3.05) is 11.5 Å². The molecule has 0 aromatic carbocycles. The number of hydrogen-bond donors (Lipinski definition) is 2. The van der Waals surface area contributed by atoms with E-state index in [1.165, 1.54) is 0 Å². The van der Waals surface area contributed by atoms with Crippen LogP contribution in [0.3, 0.4) is 0 Å². The van der Waals surface area contributed by atoms with Gasteiger partial charge in [-0.15, -0.1) is 0 Å². The summed E-state index contributed by atoms with van der Waals surface area (Å²) in [5.41, 5.74) is -2.37. The van der Waals surface area contributed by atoms with Crippen LogP contribution in [-0.2, 0) is 20.2 Å². The van der Waals surface area contributed by atoms with Crippen LogP contribution in [0.4, 0.5) is 0 Å². The molecule has 0 spiro atoms. The van der Waals surface area contributed by atoms with E-state index in [1.807, 2.05) is 0 Å². The molecule has 0 aliphatic rings. The maximum Gasteiger partial charge on any atom is 1.00 e. The minimum absolute atomic E-state index is 0. The maximum absolute atomic E-state index is 10.3. The quantitative estimate of drug-likeness (QED) is 0.169. The molecule has 0 rings (SSSR count). The van der Waals surface area contributed by atoms with Gasteiger partial charge in [-0.3, -0.25) is 0 Å². The number of rotatable bonds is 9. The zero-order chi connectivity index (χ0) is 14.4. The third-order valence-electron chi connectivity index (χ3n) is 1.51. The topological polar surface area (TPSA) is 155 Å². The number of hydrogen-bond acceptors (Lipinski definition) is 10. The van der Waals surface area contributed by atoms with E-state index < -0.39 is 42.6 Å². The fourth-order valence-corrected chi connectivity index (χ4v) is 4.07. The smallest absolute Gasteiger partial charge is 0.748 e. The van der Waals surface area contributed by atoms with Gasteiger partial charge in [-0.2, -0.15) is 0 Å². The molecule has 0 aliphatic heterocycles. The van der Waals surface area contributed by atoms with Gasteiger partial charge in [-0.25, -0.2) is 16.8 Å². The zero-order valence-corrected chi connectivity index (χ0v) is 18.2. The van der Waals surface area contributed by atoms with Crippen LogP contribution in [0.1, 0.15) is 12.8 Å². The molecule has 0 fully saturated rings. The Hall–Kier alpha value is 2.44. The van der Waals surface area contributed by atoms with Gasteiger partial charge in [0, 0.05) is 11.5 Å². The molecule has 2 N–H and O–H groups in total. The average Bonchev–Trinajstić information content (AvgIpc) is 2.18. The minimum atomic E-state index is -4.40. The Morgan fingerprint density at radius 1 is 0.800 bits per heavy atom. The first-order valence-electron chi connectivity index (χ1n) is 4.55. The Bertz CT molecular complexity index is 396. The summed E-state index contributed by atoms with van der Waals surface area (Å²) in [6.45, 7) is 0. The molecule has 0 saturated heterocycles. The zero-order valence-electron chi connectivity index (χ0n) is 11.0. The third kappa shape index (κ3) is 20.4. The van der Waals surface area contributed by atoms with E-state index in [4.69, 9.17) is 0 Å². The molecule has 0 aliphatic carbocycles. The van der Waals surface area contributed by atoms with Gasteiger partial charge in [-0.05, 0) is 12.8 Å². The van der Waals surface area contributed by atoms with Crippen LogP contribution >= 0.6 is 21.6 Å². The first kappa shape index (κ1) is 27.3. The van der Waals surface area contributed by atoms with Crippen LogP contribution in [-0.4, -0.2) is 58.5 Å². The van der Waals surface area contributed by atoms with E-state index >= 15 is 0 Å². The molecule has 110 valence electrons. The van der Waals surface area contributed by atoms with E-state index in [0.717, 1.165) is 0 Å². The molecule has 0 radical (unpaired) electrons. The Kier molecular flexibility index (Phi) is 17.5. The fraction of sp³-hybridized carbons (Fsp3) is 1.00. The van der Waals surface area contributed by atoms with Gasteiger partial charge in [0.05, 0.1) is 20.2 Å². The van der Waals surface area contributed by atoms with Gasteiger partial charge in [0.15, 0.2) is 0 Å². The Labute approximate surface area is 170 Å². The molecule has 0 aromatic heterocycles. The molecule has 0 amide bonds. The Morgan fingerprint density at radius 3 is 1.25 bits per heavy atom. The molecule has 8 nitrogen and oxygen atoms in total.